The van der Waals surface area contributed by atoms with Crippen molar-refractivity contribution >= 4 is 41.2 Å². The highest BCUT2D eigenvalue weighted by Crippen LogP contribution is 2.32. The number of nitrogen functional groups attached to an aromatic ring is 1. The molecule has 2 N–H and O–H groups in total. The van der Waals surface area contributed by atoms with Crippen LogP contribution in [0.2, 0.25) is 0 Å². The Labute approximate surface area is 138 Å². The van der Waals surface area contributed by atoms with Crippen LogP contribution in [0.1, 0.15) is 20.3 Å². The number of carbonyl (C=O) groups is 1. The summed E-state index contributed by atoms with van der Waals surface area (Å²) in [5, 5.41) is 10.1. The number of rotatable bonds is 7. The van der Waals surface area contributed by atoms with Gasteiger partial charge in [0.1, 0.15) is 0 Å². The van der Waals surface area contributed by atoms with Crippen molar-refractivity contribution in [2.24, 2.45) is 0 Å². The first-order chi connectivity index (χ1) is 10.2. The third-order valence-corrected chi connectivity index (χ3v) is 6.76. The average Bonchev–Trinajstić information content (AvgIpc) is 3.10. The molecule has 2 rings (SSSR count). The Morgan fingerprint density at radius 1 is 1.43 bits per heavy atom. The summed E-state index contributed by atoms with van der Waals surface area (Å²) in [6.45, 7) is 5.41. The van der Waals surface area contributed by atoms with E-state index in [4.69, 9.17) is 5.84 Å². The van der Waals surface area contributed by atoms with E-state index in [-0.39, 0.29) is 5.91 Å². The van der Waals surface area contributed by atoms with E-state index >= 15 is 0 Å². The SMILES string of the molecule is CCN(CC)C(=O)CSc1nnc(S[C@H]2CCSC2)n1N. The van der Waals surface area contributed by atoms with Crippen LogP contribution in [0.3, 0.4) is 0 Å². The highest BCUT2D eigenvalue weighted by Gasteiger charge is 2.21. The Morgan fingerprint density at radius 3 is 2.76 bits per heavy atom. The number of amides is 1. The van der Waals surface area contributed by atoms with E-state index in [1.165, 1.54) is 28.6 Å². The van der Waals surface area contributed by atoms with Crippen LogP contribution in [-0.2, 0) is 4.79 Å². The Bertz CT molecular complexity index is 471. The number of nitrogens with two attached hydrogens (primary N) is 1. The molecule has 118 valence electrons. The zero-order valence-electron chi connectivity index (χ0n) is 12.3. The number of carbonyl (C=O) groups excluding carboxylic acids is 1. The van der Waals surface area contributed by atoms with Gasteiger partial charge in [0.15, 0.2) is 0 Å². The zero-order chi connectivity index (χ0) is 15.2. The standard InChI is InChI=1S/C12H21N5OS3/c1-3-16(4-2)10(18)8-20-11-14-15-12(17(11)13)21-9-5-6-19-7-9/h9H,3-8,13H2,1-2H3/t9-/m0/s1. The first kappa shape index (κ1) is 16.8. The second-order valence-electron chi connectivity index (χ2n) is 4.59. The quantitative estimate of drug-likeness (QED) is 0.592. The van der Waals surface area contributed by atoms with Crippen LogP contribution in [0.4, 0.5) is 0 Å². The van der Waals surface area contributed by atoms with Crippen LogP contribution in [-0.4, -0.2) is 61.3 Å². The molecule has 0 radical (unpaired) electrons. The lowest BCUT2D eigenvalue weighted by Gasteiger charge is -2.17. The van der Waals surface area contributed by atoms with E-state index in [0.717, 1.165) is 24.0 Å². The van der Waals surface area contributed by atoms with E-state index < -0.39 is 0 Å². The number of thioether (sulfide) groups is 3. The first-order valence-electron chi connectivity index (χ1n) is 7.01. The zero-order valence-corrected chi connectivity index (χ0v) is 14.8. The van der Waals surface area contributed by atoms with Gasteiger partial charge in [0, 0.05) is 24.1 Å². The number of hydrogen-bond donors (Lipinski definition) is 1. The van der Waals surface area contributed by atoms with Crippen molar-refractivity contribution in [2.45, 2.75) is 35.8 Å². The molecule has 0 aliphatic carbocycles. The van der Waals surface area contributed by atoms with Gasteiger partial charge in [0.05, 0.1) is 5.75 Å². The molecule has 0 unspecified atom stereocenters. The molecule has 1 aliphatic rings. The summed E-state index contributed by atoms with van der Waals surface area (Å²) in [4.78, 5) is 13.8. The van der Waals surface area contributed by atoms with E-state index in [1.54, 1.807) is 16.7 Å². The van der Waals surface area contributed by atoms with Crippen molar-refractivity contribution < 1.29 is 4.79 Å². The fourth-order valence-corrected chi connectivity index (χ4v) is 5.39. The molecule has 21 heavy (non-hydrogen) atoms. The van der Waals surface area contributed by atoms with Gasteiger partial charge in [-0.05, 0) is 26.0 Å². The predicted octanol–water partition coefficient (Wildman–Crippen LogP) is 1.55. The maximum absolute atomic E-state index is 12.0. The molecule has 1 amide bonds. The molecule has 1 fully saturated rings. The molecule has 1 atom stereocenters. The van der Waals surface area contributed by atoms with Crippen molar-refractivity contribution in [1.29, 1.82) is 0 Å². The molecule has 6 nitrogen and oxygen atoms in total. The monoisotopic (exact) mass is 347 g/mol. The molecule has 9 heteroatoms. The lowest BCUT2D eigenvalue weighted by atomic mass is 10.4. The maximum Gasteiger partial charge on any atom is 0.233 e. The topological polar surface area (TPSA) is 77.0 Å². The fraction of sp³-hybridized carbons (Fsp3) is 0.750. The normalized spacial score (nSPS) is 18.1. The molecule has 1 saturated heterocycles. The lowest BCUT2D eigenvalue weighted by molar-refractivity contribution is -0.127. The fourth-order valence-electron chi connectivity index (χ4n) is 1.99. The van der Waals surface area contributed by atoms with Crippen molar-refractivity contribution in [3.05, 3.63) is 0 Å². The van der Waals surface area contributed by atoms with Crippen LogP contribution in [0, 0.1) is 0 Å². The summed E-state index contributed by atoms with van der Waals surface area (Å²) in [6.07, 6.45) is 1.19. The van der Waals surface area contributed by atoms with E-state index in [1.807, 2.05) is 25.6 Å². The van der Waals surface area contributed by atoms with E-state index in [9.17, 15) is 4.79 Å². The predicted molar refractivity (Wildman–Crippen MR) is 90.4 cm³/mol. The number of aromatic nitrogens is 3. The highest BCUT2D eigenvalue weighted by molar-refractivity contribution is 8.04. The third kappa shape index (κ3) is 4.46. The third-order valence-electron chi connectivity index (χ3n) is 3.23. The van der Waals surface area contributed by atoms with Crippen molar-refractivity contribution in [3.63, 3.8) is 0 Å². The summed E-state index contributed by atoms with van der Waals surface area (Å²) < 4.78 is 1.51. The van der Waals surface area contributed by atoms with Crippen LogP contribution >= 0.6 is 35.3 Å². The summed E-state index contributed by atoms with van der Waals surface area (Å²) in [7, 11) is 0. The first-order valence-corrected chi connectivity index (χ1v) is 10.0. The Morgan fingerprint density at radius 2 is 2.14 bits per heavy atom. The minimum absolute atomic E-state index is 0.106. The molecular weight excluding hydrogens is 326 g/mol. The summed E-state index contributed by atoms with van der Waals surface area (Å²) >= 11 is 4.99. The minimum atomic E-state index is 0.106. The van der Waals surface area contributed by atoms with Crippen molar-refractivity contribution in [3.8, 4) is 0 Å². The van der Waals surface area contributed by atoms with Gasteiger partial charge < -0.3 is 10.7 Å². The van der Waals surface area contributed by atoms with Crippen LogP contribution in [0.5, 0.6) is 0 Å². The van der Waals surface area contributed by atoms with Crippen molar-refractivity contribution in [1.82, 2.24) is 19.8 Å². The maximum atomic E-state index is 12.0. The Hall–Kier alpha value is -0.540. The molecular formula is C12H21N5OS3. The van der Waals surface area contributed by atoms with Crippen LogP contribution in [0.15, 0.2) is 10.3 Å². The van der Waals surface area contributed by atoms with E-state index in [2.05, 4.69) is 10.2 Å². The van der Waals surface area contributed by atoms with Gasteiger partial charge in [-0.25, -0.2) is 4.68 Å². The Balaban J connectivity index is 1.89. The average molecular weight is 348 g/mol. The molecule has 0 saturated carbocycles. The number of hydrogen-bond acceptors (Lipinski definition) is 7. The van der Waals surface area contributed by atoms with Gasteiger partial charge in [-0.2, -0.15) is 11.8 Å². The Kier molecular flexibility index (Phi) is 6.56. The van der Waals surface area contributed by atoms with E-state index in [0.29, 0.717) is 16.2 Å². The highest BCUT2D eigenvalue weighted by atomic mass is 32.2. The largest absolute Gasteiger partial charge is 0.343 e. The summed E-state index contributed by atoms with van der Waals surface area (Å²) in [6, 6.07) is 0. The molecule has 0 bridgehead atoms. The van der Waals surface area contributed by atoms with Crippen molar-refractivity contribution in [2.75, 3.05) is 36.2 Å². The summed E-state index contributed by atoms with van der Waals surface area (Å²) in [5.41, 5.74) is 0. The molecule has 0 aromatic carbocycles. The van der Waals surface area contributed by atoms with Gasteiger partial charge in [-0.3, -0.25) is 4.79 Å². The number of nitrogens with zero attached hydrogens (tertiary/aromatic N) is 4. The van der Waals surface area contributed by atoms with Gasteiger partial charge in [-0.1, -0.05) is 23.5 Å². The molecule has 1 aliphatic heterocycles. The van der Waals surface area contributed by atoms with Crippen LogP contribution in [0.25, 0.3) is 0 Å². The second-order valence-corrected chi connectivity index (χ2v) is 7.95. The molecule has 1 aromatic heterocycles. The molecule has 2 heterocycles. The summed E-state index contributed by atoms with van der Waals surface area (Å²) in [5.74, 6) is 8.83. The van der Waals surface area contributed by atoms with Gasteiger partial charge in [0.2, 0.25) is 16.2 Å². The van der Waals surface area contributed by atoms with Gasteiger partial charge >= 0.3 is 0 Å². The van der Waals surface area contributed by atoms with Gasteiger partial charge in [0.25, 0.3) is 0 Å². The molecule has 1 aromatic rings. The molecule has 0 spiro atoms. The van der Waals surface area contributed by atoms with Crippen LogP contribution < -0.4 is 5.84 Å². The lowest BCUT2D eigenvalue weighted by Crippen LogP contribution is -2.32. The smallest absolute Gasteiger partial charge is 0.233 e. The second kappa shape index (κ2) is 8.19. The minimum Gasteiger partial charge on any atom is -0.343 e. The van der Waals surface area contributed by atoms with Gasteiger partial charge in [-0.15, -0.1) is 10.2 Å².